The Morgan fingerprint density at radius 1 is 1.17 bits per heavy atom. The van der Waals surface area contributed by atoms with Gasteiger partial charge in [-0.1, -0.05) is 45.7 Å². The quantitative estimate of drug-likeness (QED) is 0.919. The molecule has 0 saturated heterocycles. The van der Waals surface area contributed by atoms with Gasteiger partial charge in [0.2, 0.25) is 0 Å². The third-order valence-corrected chi connectivity index (χ3v) is 3.72. The fourth-order valence-corrected chi connectivity index (χ4v) is 2.56. The summed E-state index contributed by atoms with van der Waals surface area (Å²) in [5, 5.41) is 0.647. The topological polar surface area (TPSA) is 35.2 Å². The van der Waals surface area contributed by atoms with Crippen molar-refractivity contribution in [1.29, 1.82) is 0 Å². The zero-order valence-corrected chi connectivity index (χ0v) is 12.2. The van der Waals surface area contributed by atoms with Crippen molar-refractivity contribution < 1.29 is 4.74 Å². The van der Waals surface area contributed by atoms with E-state index < -0.39 is 0 Å². The first-order chi connectivity index (χ1) is 8.63. The van der Waals surface area contributed by atoms with Crippen LogP contribution in [0.15, 0.2) is 46.9 Å². The SMILES string of the molecule is COc1ccc(Cl)cc1C(N)c1ccccc1Br. The van der Waals surface area contributed by atoms with E-state index in [0.29, 0.717) is 5.02 Å². The second-order valence-electron chi connectivity index (χ2n) is 3.89. The Bertz CT molecular complexity index is 559. The summed E-state index contributed by atoms with van der Waals surface area (Å²) in [6.45, 7) is 0. The third kappa shape index (κ3) is 2.69. The van der Waals surface area contributed by atoms with Crippen LogP contribution in [-0.2, 0) is 0 Å². The molecule has 2 N–H and O–H groups in total. The molecule has 0 fully saturated rings. The first-order valence-electron chi connectivity index (χ1n) is 5.47. The summed E-state index contributed by atoms with van der Waals surface area (Å²) in [6, 6.07) is 13.0. The maximum atomic E-state index is 6.29. The molecule has 4 heteroatoms. The summed E-state index contributed by atoms with van der Waals surface area (Å²) in [5.74, 6) is 0.739. The average molecular weight is 327 g/mol. The summed E-state index contributed by atoms with van der Waals surface area (Å²) in [7, 11) is 1.62. The molecule has 0 bridgehead atoms. The normalized spacial score (nSPS) is 12.2. The van der Waals surface area contributed by atoms with Crippen molar-refractivity contribution in [2.75, 3.05) is 7.11 Å². The van der Waals surface area contributed by atoms with E-state index in [1.165, 1.54) is 0 Å². The Labute approximate surface area is 120 Å². The molecule has 0 radical (unpaired) electrons. The number of hydrogen-bond acceptors (Lipinski definition) is 2. The second kappa shape index (κ2) is 5.74. The van der Waals surface area contributed by atoms with Crippen LogP contribution >= 0.6 is 27.5 Å². The zero-order valence-electron chi connectivity index (χ0n) is 9.86. The molecule has 0 heterocycles. The lowest BCUT2D eigenvalue weighted by molar-refractivity contribution is 0.408. The third-order valence-electron chi connectivity index (χ3n) is 2.77. The molecule has 0 aliphatic heterocycles. The van der Waals surface area contributed by atoms with Crippen LogP contribution in [-0.4, -0.2) is 7.11 Å². The van der Waals surface area contributed by atoms with Gasteiger partial charge in [-0.3, -0.25) is 0 Å². The maximum Gasteiger partial charge on any atom is 0.124 e. The number of rotatable bonds is 3. The standard InChI is InChI=1S/C14H13BrClNO/c1-18-13-7-6-9(16)8-11(13)14(17)10-4-2-3-5-12(10)15/h2-8,14H,17H2,1H3. The molecule has 2 aromatic rings. The van der Waals surface area contributed by atoms with Gasteiger partial charge in [0, 0.05) is 15.1 Å². The number of benzene rings is 2. The molecule has 0 aliphatic carbocycles. The molecule has 0 amide bonds. The lowest BCUT2D eigenvalue weighted by Crippen LogP contribution is -2.13. The summed E-state index contributed by atoms with van der Waals surface area (Å²) in [4.78, 5) is 0. The van der Waals surface area contributed by atoms with Crippen LogP contribution in [0.5, 0.6) is 5.75 Å². The molecule has 2 aromatic carbocycles. The molecule has 1 unspecified atom stereocenters. The van der Waals surface area contributed by atoms with E-state index in [4.69, 9.17) is 22.1 Å². The largest absolute Gasteiger partial charge is 0.496 e. The van der Waals surface area contributed by atoms with Crippen LogP contribution < -0.4 is 10.5 Å². The predicted molar refractivity (Wildman–Crippen MR) is 78.2 cm³/mol. The van der Waals surface area contributed by atoms with Crippen molar-refractivity contribution in [2.24, 2.45) is 5.73 Å². The lowest BCUT2D eigenvalue weighted by atomic mass is 9.99. The molecule has 0 spiro atoms. The number of nitrogens with two attached hydrogens (primary N) is 1. The van der Waals surface area contributed by atoms with Gasteiger partial charge in [-0.25, -0.2) is 0 Å². The first kappa shape index (κ1) is 13.4. The lowest BCUT2D eigenvalue weighted by Gasteiger charge is -2.17. The van der Waals surface area contributed by atoms with Gasteiger partial charge >= 0.3 is 0 Å². The van der Waals surface area contributed by atoms with Crippen molar-refractivity contribution in [3.05, 3.63) is 63.1 Å². The van der Waals surface area contributed by atoms with E-state index in [1.54, 1.807) is 13.2 Å². The number of hydrogen-bond donors (Lipinski definition) is 1. The molecule has 1 atom stereocenters. The Morgan fingerprint density at radius 3 is 2.56 bits per heavy atom. The van der Waals surface area contributed by atoms with E-state index in [1.807, 2.05) is 36.4 Å². The molecule has 0 saturated carbocycles. The Hall–Kier alpha value is -1.03. The highest BCUT2D eigenvalue weighted by Crippen LogP contribution is 2.33. The molecule has 2 nitrogen and oxygen atoms in total. The number of ether oxygens (including phenoxy) is 1. The van der Waals surface area contributed by atoms with Gasteiger partial charge in [0.25, 0.3) is 0 Å². The molecule has 94 valence electrons. The summed E-state index contributed by atoms with van der Waals surface area (Å²) < 4.78 is 6.30. The highest BCUT2D eigenvalue weighted by molar-refractivity contribution is 9.10. The van der Waals surface area contributed by atoms with E-state index in [0.717, 1.165) is 21.3 Å². The van der Waals surface area contributed by atoms with Crippen LogP contribution in [0.3, 0.4) is 0 Å². The van der Waals surface area contributed by atoms with E-state index in [-0.39, 0.29) is 6.04 Å². The smallest absolute Gasteiger partial charge is 0.124 e. The molecule has 2 rings (SSSR count). The highest BCUT2D eigenvalue weighted by atomic mass is 79.9. The van der Waals surface area contributed by atoms with E-state index in [9.17, 15) is 0 Å². The maximum absolute atomic E-state index is 6.29. The van der Waals surface area contributed by atoms with E-state index >= 15 is 0 Å². The van der Waals surface area contributed by atoms with Crippen LogP contribution in [0.1, 0.15) is 17.2 Å². The van der Waals surface area contributed by atoms with Gasteiger partial charge in [-0.15, -0.1) is 0 Å². The molecule has 18 heavy (non-hydrogen) atoms. The summed E-state index contributed by atoms with van der Waals surface area (Å²) >= 11 is 9.53. The average Bonchev–Trinajstić information content (AvgIpc) is 2.38. The van der Waals surface area contributed by atoms with Gasteiger partial charge in [-0.2, -0.15) is 0 Å². The van der Waals surface area contributed by atoms with Gasteiger partial charge in [-0.05, 0) is 29.8 Å². The minimum Gasteiger partial charge on any atom is -0.496 e. The van der Waals surface area contributed by atoms with Gasteiger partial charge in [0.1, 0.15) is 5.75 Å². The van der Waals surface area contributed by atoms with Crippen LogP contribution in [0.4, 0.5) is 0 Å². The predicted octanol–water partition coefficient (Wildman–Crippen LogP) is 4.16. The summed E-state index contributed by atoms with van der Waals surface area (Å²) in [6.07, 6.45) is 0. The van der Waals surface area contributed by atoms with Gasteiger partial charge in [0.05, 0.1) is 13.2 Å². The highest BCUT2D eigenvalue weighted by Gasteiger charge is 2.16. The molecular formula is C14H13BrClNO. The van der Waals surface area contributed by atoms with Crippen molar-refractivity contribution in [2.45, 2.75) is 6.04 Å². The molecule has 0 aliphatic rings. The van der Waals surface area contributed by atoms with Gasteiger partial charge < -0.3 is 10.5 Å². The monoisotopic (exact) mass is 325 g/mol. The minimum atomic E-state index is -0.283. The Balaban J connectivity index is 2.48. The van der Waals surface area contributed by atoms with Crippen molar-refractivity contribution in [3.63, 3.8) is 0 Å². The Morgan fingerprint density at radius 2 is 1.89 bits per heavy atom. The molecule has 0 aromatic heterocycles. The number of halogens is 2. The van der Waals surface area contributed by atoms with Crippen LogP contribution in [0.25, 0.3) is 0 Å². The number of methoxy groups -OCH3 is 1. The fourth-order valence-electron chi connectivity index (χ4n) is 1.84. The van der Waals surface area contributed by atoms with Crippen LogP contribution in [0.2, 0.25) is 5.02 Å². The van der Waals surface area contributed by atoms with Crippen molar-refractivity contribution in [1.82, 2.24) is 0 Å². The second-order valence-corrected chi connectivity index (χ2v) is 5.18. The van der Waals surface area contributed by atoms with Crippen molar-refractivity contribution in [3.8, 4) is 5.75 Å². The Kier molecular flexibility index (Phi) is 4.27. The fraction of sp³-hybridized carbons (Fsp3) is 0.143. The van der Waals surface area contributed by atoms with Gasteiger partial charge in [0.15, 0.2) is 0 Å². The first-order valence-corrected chi connectivity index (χ1v) is 6.64. The van der Waals surface area contributed by atoms with Crippen molar-refractivity contribution >= 4 is 27.5 Å². The van der Waals surface area contributed by atoms with E-state index in [2.05, 4.69) is 15.9 Å². The minimum absolute atomic E-state index is 0.283. The van der Waals surface area contributed by atoms with Crippen LogP contribution in [0, 0.1) is 0 Å². The zero-order chi connectivity index (χ0) is 13.1. The summed E-state index contributed by atoms with van der Waals surface area (Å²) in [5.41, 5.74) is 8.16. The molecular weight excluding hydrogens is 314 g/mol.